The standard InChI is InChI=1S/C15H21N3S/c1-12-8-17(2)15(16-12)14-4-3-6-18(10-14)9-13-5-7-19-11-13/h5,7-8,11,14H,3-4,6,9-10H2,1-2H3/t14-/m1/s1. The smallest absolute Gasteiger partial charge is 0.113 e. The molecule has 1 aliphatic rings. The minimum atomic E-state index is 0.589. The molecule has 0 aromatic carbocycles. The second kappa shape index (κ2) is 5.47. The fraction of sp³-hybridized carbons (Fsp3) is 0.533. The van der Waals surface area contributed by atoms with Crippen molar-refractivity contribution in [1.29, 1.82) is 0 Å². The third kappa shape index (κ3) is 2.90. The summed E-state index contributed by atoms with van der Waals surface area (Å²) in [5.74, 6) is 1.85. The summed E-state index contributed by atoms with van der Waals surface area (Å²) in [4.78, 5) is 7.27. The summed E-state index contributed by atoms with van der Waals surface area (Å²) in [6, 6.07) is 2.24. The van der Waals surface area contributed by atoms with Crippen LogP contribution in [0.5, 0.6) is 0 Å². The molecule has 1 atom stereocenters. The SMILES string of the molecule is Cc1cn(C)c([C@@H]2CCCN(Cc3ccsc3)C2)n1. The Bertz CT molecular complexity index is 530. The second-order valence-corrected chi connectivity index (χ2v) is 6.34. The molecule has 0 N–H and O–H groups in total. The Balaban J connectivity index is 1.69. The molecule has 0 aliphatic carbocycles. The van der Waals surface area contributed by atoms with Crippen molar-refractivity contribution in [2.24, 2.45) is 7.05 Å². The van der Waals surface area contributed by atoms with Crippen LogP contribution in [0.2, 0.25) is 0 Å². The van der Waals surface area contributed by atoms with Gasteiger partial charge in [0.1, 0.15) is 5.82 Å². The zero-order chi connectivity index (χ0) is 13.2. The molecule has 2 aromatic heterocycles. The maximum atomic E-state index is 4.70. The highest BCUT2D eigenvalue weighted by Gasteiger charge is 2.24. The quantitative estimate of drug-likeness (QED) is 0.858. The van der Waals surface area contributed by atoms with Gasteiger partial charge in [-0.05, 0) is 48.7 Å². The zero-order valence-electron chi connectivity index (χ0n) is 11.7. The van der Waals surface area contributed by atoms with Gasteiger partial charge in [-0.2, -0.15) is 11.3 Å². The summed E-state index contributed by atoms with van der Waals surface area (Å²) in [5.41, 5.74) is 2.58. The number of nitrogens with zero attached hydrogens (tertiary/aromatic N) is 3. The highest BCUT2D eigenvalue weighted by molar-refractivity contribution is 7.07. The van der Waals surface area contributed by atoms with Crippen LogP contribution in [0, 0.1) is 6.92 Å². The molecule has 3 heterocycles. The number of aryl methyl sites for hydroxylation is 2. The summed E-state index contributed by atoms with van der Waals surface area (Å²) >= 11 is 1.79. The molecule has 1 fully saturated rings. The minimum absolute atomic E-state index is 0.589. The van der Waals surface area contributed by atoms with Crippen molar-refractivity contribution < 1.29 is 0 Å². The number of rotatable bonds is 3. The van der Waals surface area contributed by atoms with Gasteiger partial charge in [-0.3, -0.25) is 4.90 Å². The van der Waals surface area contributed by atoms with E-state index in [0.717, 1.165) is 18.8 Å². The average Bonchev–Trinajstić information content (AvgIpc) is 2.99. The third-order valence-corrected chi connectivity index (χ3v) is 4.62. The Labute approximate surface area is 118 Å². The molecule has 0 unspecified atom stereocenters. The summed E-state index contributed by atoms with van der Waals surface area (Å²) in [6.07, 6.45) is 4.68. The van der Waals surface area contributed by atoms with Crippen LogP contribution >= 0.6 is 11.3 Å². The van der Waals surface area contributed by atoms with Crippen LogP contribution in [0.15, 0.2) is 23.0 Å². The van der Waals surface area contributed by atoms with Crippen molar-refractivity contribution in [3.05, 3.63) is 40.1 Å². The number of likely N-dealkylation sites (tertiary alicyclic amines) is 1. The number of thiophene rings is 1. The minimum Gasteiger partial charge on any atom is -0.337 e. The van der Waals surface area contributed by atoms with Gasteiger partial charge in [0, 0.05) is 32.3 Å². The third-order valence-electron chi connectivity index (χ3n) is 3.89. The van der Waals surface area contributed by atoms with E-state index in [0.29, 0.717) is 5.92 Å². The van der Waals surface area contributed by atoms with E-state index in [1.165, 1.54) is 30.8 Å². The van der Waals surface area contributed by atoms with Crippen LogP contribution in [0.1, 0.15) is 35.8 Å². The lowest BCUT2D eigenvalue weighted by Crippen LogP contribution is -2.34. The molecule has 2 aromatic rings. The zero-order valence-corrected chi connectivity index (χ0v) is 12.5. The van der Waals surface area contributed by atoms with Gasteiger partial charge in [0.2, 0.25) is 0 Å². The summed E-state index contributed by atoms with van der Waals surface area (Å²) in [6.45, 7) is 5.52. The maximum Gasteiger partial charge on any atom is 0.113 e. The van der Waals surface area contributed by atoms with Gasteiger partial charge >= 0.3 is 0 Å². The lowest BCUT2D eigenvalue weighted by molar-refractivity contribution is 0.195. The van der Waals surface area contributed by atoms with Crippen LogP contribution in [0.3, 0.4) is 0 Å². The Morgan fingerprint density at radius 1 is 1.47 bits per heavy atom. The number of aromatic nitrogens is 2. The van der Waals surface area contributed by atoms with Crippen LogP contribution in [-0.2, 0) is 13.6 Å². The molecular weight excluding hydrogens is 254 g/mol. The number of hydrogen-bond acceptors (Lipinski definition) is 3. The van der Waals surface area contributed by atoms with Crippen molar-refractivity contribution in [3.8, 4) is 0 Å². The van der Waals surface area contributed by atoms with Crippen molar-refractivity contribution in [3.63, 3.8) is 0 Å². The van der Waals surface area contributed by atoms with E-state index in [1.807, 2.05) is 0 Å². The fourth-order valence-corrected chi connectivity index (χ4v) is 3.72. The molecule has 1 aliphatic heterocycles. The van der Waals surface area contributed by atoms with E-state index in [-0.39, 0.29) is 0 Å². The van der Waals surface area contributed by atoms with Crippen molar-refractivity contribution >= 4 is 11.3 Å². The monoisotopic (exact) mass is 275 g/mol. The van der Waals surface area contributed by atoms with E-state index >= 15 is 0 Å². The van der Waals surface area contributed by atoms with E-state index < -0.39 is 0 Å². The molecule has 0 bridgehead atoms. The normalized spacial score (nSPS) is 20.8. The van der Waals surface area contributed by atoms with Crippen molar-refractivity contribution in [2.75, 3.05) is 13.1 Å². The van der Waals surface area contributed by atoms with Gasteiger partial charge in [-0.1, -0.05) is 0 Å². The van der Waals surface area contributed by atoms with E-state index in [2.05, 4.69) is 46.5 Å². The van der Waals surface area contributed by atoms with Crippen molar-refractivity contribution in [1.82, 2.24) is 14.5 Å². The highest BCUT2D eigenvalue weighted by atomic mass is 32.1. The first kappa shape index (κ1) is 12.9. The van der Waals surface area contributed by atoms with Crippen molar-refractivity contribution in [2.45, 2.75) is 32.2 Å². The van der Waals surface area contributed by atoms with Crippen LogP contribution < -0.4 is 0 Å². The second-order valence-electron chi connectivity index (χ2n) is 5.56. The first-order chi connectivity index (χ1) is 9.22. The van der Waals surface area contributed by atoms with Gasteiger partial charge < -0.3 is 4.57 Å². The van der Waals surface area contributed by atoms with E-state index in [1.54, 1.807) is 11.3 Å². The molecule has 0 radical (unpaired) electrons. The fourth-order valence-electron chi connectivity index (χ4n) is 3.06. The Morgan fingerprint density at radius 3 is 3.05 bits per heavy atom. The number of piperidine rings is 1. The summed E-state index contributed by atoms with van der Waals surface area (Å²) in [7, 11) is 2.12. The number of hydrogen-bond donors (Lipinski definition) is 0. The largest absolute Gasteiger partial charge is 0.337 e. The molecule has 3 nitrogen and oxygen atoms in total. The van der Waals surface area contributed by atoms with Crippen LogP contribution in [0.4, 0.5) is 0 Å². The molecule has 0 spiro atoms. The molecule has 0 saturated carbocycles. The number of imidazole rings is 1. The lowest BCUT2D eigenvalue weighted by atomic mass is 9.97. The van der Waals surface area contributed by atoms with Gasteiger partial charge in [0.25, 0.3) is 0 Å². The Morgan fingerprint density at radius 2 is 2.37 bits per heavy atom. The molecule has 102 valence electrons. The molecule has 1 saturated heterocycles. The Kier molecular flexibility index (Phi) is 3.71. The van der Waals surface area contributed by atoms with Crippen LogP contribution in [0.25, 0.3) is 0 Å². The van der Waals surface area contributed by atoms with E-state index in [9.17, 15) is 0 Å². The topological polar surface area (TPSA) is 21.1 Å². The first-order valence-electron chi connectivity index (χ1n) is 6.95. The highest BCUT2D eigenvalue weighted by Crippen LogP contribution is 2.27. The predicted molar refractivity (Wildman–Crippen MR) is 79.5 cm³/mol. The average molecular weight is 275 g/mol. The molecule has 19 heavy (non-hydrogen) atoms. The van der Waals surface area contributed by atoms with Gasteiger partial charge in [0.15, 0.2) is 0 Å². The predicted octanol–water partition coefficient (Wildman–Crippen LogP) is 3.17. The molecule has 0 amide bonds. The maximum absolute atomic E-state index is 4.70. The van der Waals surface area contributed by atoms with Crippen LogP contribution in [-0.4, -0.2) is 27.5 Å². The lowest BCUT2D eigenvalue weighted by Gasteiger charge is -2.32. The summed E-state index contributed by atoms with van der Waals surface area (Å²) < 4.78 is 2.20. The summed E-state index contributed by atoms with van der Waals surface area (Å²) in [5, 5.41) is 4.42. The molecule has 3 rings (SSSR count). The van der Waals surface area contributed by atoms with Gasteiger partial charge in [-0.15, -0.1) is 0 Å². The van der Waals surface area contributed by atoms with Gasteiger partial charge in [-0.25, -0.2) is 4.98 Å². The Hall–Kier alpha value is -1.13. The molecule has 4 heteroatoms. The van der Waals surface area contributed by atoms with E-state index in [4.69, 9.17) is 4.98 Å². The first-order valence-corrected chi connectivity index (χ1v) is 7.90. The molecular formula is C15H21N3S. The van der Waals surface area contributed by atoms with Gasteiger partial charge in [0.05, 0.1) is 5.69 Å².